The SMILES string of the molecule is CCCC[C@H](N)C(=O)NC(CC)CCC. The Kier molecular flexibility index (Phi) is 8.38. The minimum absolute atomic E-state index is 0.0174. The van der Waals surface area contributed by atoms with Gasteiger partial charge in [0, 0.05) is 6.04 Å². The minimum atomic E-state index is -0.323. The summed E-state index contributed by atoms with van der Waals surface area (Å²) in [6, 6.07) is -0.0222. The predicted molar refractivity (Wildman–Crippen MR) is 64.6 cm³/mol. The Bertz CT molecular complexity index is 171. The van der Waals surface area contributed by atoms with E-state index in [2.05, 4.69) is 26.1 Å². The van der Waals surface area contributed by atoms with Crippen molar-refractivity contribution in [2.75, 3.05) is 0 Å². The molecule has 3 N–H and O–H groups in total. The molecule has 0 heterocycles. The summed E-state index contributed by atoms with van der Waals surface area (Å²) in [4.78, 5) is 11.7. The van der Waals surface area contributed by atoms with Gasteiger partial charge in [-0.2, -0.15) is 0 Å². The van der Waals surface area contributed by atoms with Gasteiger partial charge in [0.2, 0.25) is 5.91 Å². The van der Waals surface area contributed by atoms with Gasteiger partial charge in [0.15, 0.2) is 0 Å². The molecule has 0 aliphatic heterocycles. The number of carbonyl (C=O) groups is 1. The maximum absolute atomic E-state index is 11.7. The maximum atomic E-state index is 11.7. The van der Waals surface area contributed by atoms with Gasteiger partial charge in [-0.15, -0.1) is 0 Å². The van der Waals surface area contributed by atoms with Gasteiger partial charge in [0.25, 0.3) is 0 Å². The molecule has 90 valence electrons. The van der Waals surface area contributed by atoms with Gasteiger partial charge in [-0.05, 0) is 19.3 Å². The Morgan fingerprint density at radius 2 is 1.87 bits per heavy atom. The molecule has 0 rings (SSSR count). The van der Waals surface area contributed by atoms with Crippen LogP contribution in [0.25, 0.3) is 0 Å². The van der Waals surface area contributed by atoms with Crippen molar-refractivity contribution < 1.29 is 4.79 Å². The van der Waals surface area contributed by atoms with E-state index in [0.717, 1.165) is 38.5 Å². The first-order valence-electron chi connectivity index (χ1n) is 6.21. The van der Waals surface area contributed by atoms with Crippen LogP contribution in [0.1, 0.15) is 59.3 Å². The maximum Gasteiger partial charge on any atom is 0.237 e. The van der Waals surface area contributed by atoms with Crippen LogP contribution in [0, 0.1) is 0 Å². The van der Waals surface area contributed by atoms with Gasteiger partial charge >= 0.3 is 0 Å². The first-order chi connectivity index (χ1) is 7.15. The van der Waals surface area contributed by atoms with E-state index in [4.69, 9.17) is 5.73 Å². The van der Waals surface area contributed by atoms with Crippen LogP contribution in [0.4, 0.5) is 0 Å². The zero-order valence-electron chi connectivity index (χ0n) is 10.4. The van der Waals surface area contributed by atoms with Crippen LogP contribution >= 0.6 is 0 Å². The second kappa shape index (κ2) is 8.72. The summed E-state index contributed by atoms with van der Waals surface area (Å²) in [5, 5.41) is 3.01. The minimum Gasteiger partial charge on any atom is -0.352 e. The molecule has 0 bridgehead atoms. The monoisotopic (exact) mass is 214 g/mol. The van der Waals surface area contributed by atoms with E-state index in [1.165, 1.54) is 0 Å². The highest BCUT2D eigenvalue weighted by atomic mass is 16.2. The number of amides is 1. The molecule has 0 aromatic carbocycles. The number of hydrogen-bond donors (Lipinski definition) is 2. The summed E-state index contributed by atoms with van der Waals surface area (Å²) in [5.41, 5.74) is 5.79. The zero-order chi connectivity index (χ0) is 11.7. The highest BCUT2D eigenvalue weighted by Gasteiger charge is 2.15. The van der Waals surface area contributed by atoms with Crippen molar-refractivity contribution in [3.63, 3.8) is 0 Å². The number of nitrogens with two attached hydrogens (primary N) is 1. The first kappa shape index (κ1) is 14.4. The summed E-state index contributed by atoms with van der Waals surface area (Å²) < 4.78 is 0. The molecule has 0 fully saturated rings. The van der Waals surface area contributed by atoms with Crippen LogP contribution in [-0.2, 0) is 4.79 Å². The number of carbonyl (C=O) groups excluding carboxylic acids is 1. The van der Waals surface area contributed by atoms with Crippen LogP contribution in [0.3, 0.4) is 0 Å². The van der Waals surface area contributed by atoms with Crippen LogP contribution in [0.5, 0.6) is 0 Å². The Labute approximate surface area is 93.8 Å². The molecule has 1 unspecified atom stereocenters. The van der Waals surface area contributed by atoms with Crippen molar-refractivity contribution in [1.29, 1.82) is 0 Å². The summed E-state index contributed by atoms with van der Waals surface area (Å²) in [5.74, 6) is 0.0174. The fourth-order valence-corrected chi connectivity index (χ4v) is 1.59. The third kappa shape index (κ3) is 6.50. The molecule has 0 radical (unpaired) electrons. The summed E-state index contributed by atoms with van der Waals surface area (Å²) >= 11 is 0. The Morgan fingerprint density at radius 1 is 1.20 bits per heavy atom. The third-order valence-corrected chi connectivity index (χ3v) is 2.68. The average Bonchev–Trinajstić information content (AvgIpc) is 2.24. The number of nitrogens with one attached hydrogen (secondary N) is 1. The van der Waals surface area contributed by atoms with E-state index in [9.17, 15) is 4.79 Å². The van der Waals surface area contributed by atoms with Crippen molar-refractivity contribution in [3.8, 4) is 0 Å². The fourth-order valence-electron chi connectivity index (χ4n) is 1.59. The molecule has 0 spiro atoms. The van der Waals surface area contributed by atoms with Crippen LogP contribution in [0.15, 0.2) is 0 Å². The van der Waals surface area contributed by atoms with E-state index in [1.807, 2.05) is 0 Å². The highest BCUT2D eigenvalue weighted by Crippen LogP contribution is 2.03. The molecule has 1 amide bonds. The lowest BCUT2D eigenvalue weighted by Gasteiger charge is -2.19. The largest absolute Gasteiger partial charge is 0.352 e. The Balaban J connectivity index is 3.87. The first-order valence-corrected chi connectivity index (χ1v) is 6.21. The molecule has 0 saturated heterocycles. The van der Waals surface area contributed by atoms with E-state index in [-0.39, 0.29) is 11.9 Å². The van der Waals surface area contributed by atoms with Gasteiger partial charge in [-0.3, -0.25) is 4.79 Å². The highest BCUT2D eigenvalue weighted by molar-refractivity contribution is 5.81. The standard InChI is InChI=1S/C12H26N2O/c1-4-7-9-11(13)12(15)14-10(6-3)8-5-2/h10-11H,4-9,13H2,1-3H3,(H,14,15)/t10?,11-/m0/s1. The third-order valence-electron chi connectivity index (χ3n) is 2.68. The molecular formula is C12H26N2O. The second-order valence-corrected chi connectivity index (χ2v) is 4.15. The normalized spacial score (nSPS) is 14.7. The average molecular weight is 214 g/mol. The van der Waals surface area contributed by atoms with Gasteiger partial charge in [0.05, 0.1) is 6.04 Å². The predicted octanol–water partition coefficient (Wildman–Crippen LogP) is 2.20. The fraction of sp³-hybridized carbons (Fsp3) is 0.917. The molecule has 2 atom stereocenters. The molecule has 0 aromatic heterocycles. The van der Waals surface area contributed by atoms with Crippen molar-refractivity contribution in [1.82, 2.24) is 5.32 Å². The molecule has 0 aromatic rings. The van der Waals surface area contributed by atoms with Gasteiger partial charge in [0.1, 0.15) is 0 Å². The topological polar surface area (TPSA) is 55.1 Å². The van der Waals surface area contributed by atoms with Crippen LogP contribution in [0.2, 0.25) is 0 Å². The second-order valence-electron chi connectivity index (χ2n) is 4.15. The van der Waals surface area contributed by atoms with E-state index < -0.39 is 0 Å². The number of hydrogen-bond acceptors (Lipinski definition) is 2. The van der Waals surface area contributed by atoms with Gasteiger partial charge in [-0.1, -0.05) is 40.0 Å². The molecule has 0 aliphatic rings. The molecule has 3 nitrogen and oxygen atoms in total. The molecule has 3 heteroatoms. The van der Waals surface area contributed by atoms with E-state index in [0.29, 0.717) is 6.04 Å². The lowest BCUT2D eigenvalue weighted by atomic mass is 10.1. The summed E-state index contributed by atoms with van der Waals surface area (Å²) in [6.45, 7) is 6.33. The van der Waals surface area contributed by atoms with Gasteiger partial charge < -0.3 is 11.1 Å². The van der Waals surface area contributed by atoms with Crippen LogP contribution in [-0.4, -0.2) is 18.0 Å². The van der Waals surface area contributed by atoms with Crippen molar-refractivity contribution in [2.45, 2.75) is 71.4 Å². The van der Waals surface area contributed by atoms with Gasteiger partial charge in [-0.25, -0.2) is 0 Å². The van der Waals surface area contributed by atoms with Crippen molar-refractivity contribution in [3.05, 3.63) is 0 Å². The lowest BCUT2D eigenvalue weighted by Crippen LogP contribution is -2.45. The van der Waals surface area contributed by atoms with Crippen LogP contribution < -0.4 is 11.1 Å². The Hall–Kier alpha value is -0.570. The van der Waals surface area contributed by atoms with Crippen molar-refractivity contribution >= 4 is 5.91 Å². The van der Waals surface area contributed by atoms with Crippen molar-refractivity contribution in [2.24, 2.45) is 5.73 Å². The quantitative estimate of drug-likeness (QED) is 0.651. The zero-order valence-corrected chi connectivity index (χ0v) is 10.4. The number of unbranched alkanes of at least 4 members (excludes halogenated alkanes) is 1. The van der Waals surface area contributed by atoms with E-state index >= 15 is 0 Å². The Morgan fingerprint density at radius 3 is 2.33 bits per heavy atom. The summed E-state index contributed by atoms with van der Waals surface area (Å²) in [6.07, 6.45) is 6.04. The molecular weight excluding hydrogens is 188 g/mol. The number of rotatable bonds is 8. The lowest BCUT2D eigenvalue weighted by molar-refractivity contribution is -0.123. The molecule has 15 heavy (non-hydrogen) atoms. The molecule has 0 saturated carbocycles. The summed E-state index contributed by atoms with van der Waals surface area (Å²) in [7, 11) is 0. The van der Waals surface area contributed by atoms with E-state index in [1.54, 1.807) is 0 Å². The molecule has 0 aliphatic carbocycles. The smallest absolute Gasteiger partial charge is 0.237 e.